The van der Waals surface area contributed by atoms with Gasteiger partial charge >= 0.3 is 0 Å². The molecule has 178 valence electrons. The zero-order valence-corrected chi connectivity index (χ0v) is 21.1. The first-order chi connectivity index (χ1) is 16.2. The molecule has 9 heteroatoms. The molecule has 5 rings (SSSR count). The van der Waals surface area contributed by atoms with Crippen molar-refractivity contribution < 1.29 is 13.2 Å². The summed E-state index contributed by atoms with van der Waals surface area (Å²) in [6, 6.07) is 10.5. The molecule has 2 heterocycles. The van der Waals surface area contributed by atoms with Crippen LogP contribution in [0.15, 0.2) is 47.6 Å². The summed E-state index contributed by atoms with van der Waals surface area (Å²) in [6.07, 6.45) is 6.85. The number of fused-ring (bicyclic) bond motifs is 1. The van der Waals surface area contributed by atoms with Gasteiger partial charge in [-0.1, -0.05) is 35.3 Å². The van der Waals surface area contributed by atoms with Crippen molar-refractivity contribution in [1.82, 2.24) is 14.9 Å². The maximum atomic E-state index is 13.2. The molecule has 2 atom stereocenters. The molecule has 6 nitrogen and oxygen atoms in total. The molecular weight excluding hydrogens is 493 g/mol. The number of imidazole rings is 1. The van der Waals surface area contributed by atoms with E-state index in [9.17, 15) is 13.2 Å². The molecule has 2 aromatic carbocycles. The quantitative estimate of drug-likeness (QED) is 0.529. The number of amides is 1. The fourth-order valence-electron chi connectivity index (χ4n) is 5.07. The van der Waals surface area contributed by atoms with Crippen molar-refractivity contribution in [2.75, 3.05) is 12.8 Å². The Kier molecular flexibility index (Phi) is 6.21. The molecule has 0 radical (unpaired) electrons. The minimum Gasteiger partial charge on any atom is -0.348 e. The lowest BCUT2D eigenvalue weighted by atomic mass is 9.94. The molecule has 0 spiro atoms. The Morgan fingerprint density at radius 1 is 1.09 bits per heavy atom. The van der Waals surface area contributed by atoms with E-state index >= 15 is 0 Å². The van der Waals surface area contributed by atoms with Crippen molar-refractivity contribution in [3.05, 3.63) is 69.7 Å². The van der Waals surface area contributed by atoms with Gasteiger partial charge in [0.2, 0.25) is 5.91 Å². The maximum Gasteiger partial charge on any atom is 0.226 e. The summed E-state index contributed by atoms with van der Waals surface area (Å²) >= 11 is 13.3. The minimum atomic E-state index is -3.26. The number of hydrogen-bond donors (Lipinski definition) is 1. The predicted octanol–water partition coefficient (Wildman–Crippen LogP) is 4.74. The van der Waals surface area contributed by atoms with Gasteiger partial charge in [-0.05, 0) is 66.6 Å². The minimum absolute atomic E-state index is 0.141. The van der Waals surface area contributed by atoms with Gasteiger partial charge in [0.1, 0.15) is 0 Å². The normalized spacial score (nSPS) is 20.6. The van der Waals surface area contributed by atoms with Gasteiger partial charge in [-0.2, -0.15) is 0 Å². The van der Waals surface area contributed by atoms with E-state index < -0.39 is 9.84 Å². The van der Waals surface area contributed by atoms with Gasteiger partial charge in [-0.15, -0.1) is 0 Å². The summed E-state index contributed by atoms with van der Waals surface area (Å²) in [4.78, 5) is 23.1. The topological polar surface area (TPSA) is 83.1 Å². The van der Waals surface area contributed by atoms with Crippen LogP contribution in [0.1, 0.15) is 29.8 Å². The van der Waals surface area contributed by atoms with Crippen LogP contribution in [-0.4, -0.2) is 48.0 Å². The molecule has 0 bridgehead atoms. The van der Waals surface area contributed by atoms with Crippen molar-refractivity contribution in [2.45, 2.75) is 43.0 Å². The number of carbonyl (C=O) groups excluding carboxylic acids is 1. The van der Waals surface area contributed by atoms with E-state index in [1.54, 1.807) is 30.6 Å². The second-order valence-electron chi connectivity index (χ2n) is 9.16. The Hall–Kier alpha value is -2.35. The van der Waals surface area contributed by atoms with Gasteiger partial charge in [0, 0.05) is 46.9 Å². The summed E-state index contributed by atoms with van der Waals surface area (Å²) in [6.45, 7) is 0.748. The predicted molar refractivity (Wildman–Crippen MR) is 133 cm³/mol. The molecule has 1 fully saturated rings. The van der Waals surface area contributed by atoms with Crippen LogP contribution in [0.2, 0.25) is 10.0 Å². The highest BCUT2D eigenvalue weighted by atomic mass is 35.5. The van der Waals surface area contributed by atoms with Crippen molar-refractivity contribution in [3.63, 3.8) is 0 Å². The number of halogens is 2. The average molecular weight is 518 g/mol. The number of benzene rings is 2. The van der Waals surface area contributed by atoms with E-state index in [1.165, 1.54) is 6.26 Å². The molecule has 1 aliphatic carbocycles. The highest BCUT2D eigenvalue weighted by Gasteiger charge is 2.38. The summed E-state index contributed by atoms with van der Waals surface area (Å²) in [5.74, 6) is 0.0265. The van der Waals surface area contributed by atoms with Gasteiger partial charge in [0.05, 0.1) is 16.9 Å². The van der Waals surface area contributed by atoms with Crippen LogP contribution >= 0.6 is 23.2 Å². The van der Waals surface area contributed by atoms with Crippen LogP contribution in [-0.2, 0) is 33.9 Å². The third kappa shape index (κ3) is 4.49. The smallest absolute Gasteiger partial charge is 0.226 e. The van der Waals surface area contributed by atoms with Crippen LogP contribution in [0, 0.1) is 5.92 Å². The lowest BCUT2D eigenvalue weighted by Crippen LogP contribution is -2.41. The van der Waals surface area contributed by atoms with E-state index in [-0.39, 0.29) is 22.8 Å². The van der Waals surface area contributed by atoms with Crippen molar-refractivity contribution >= 4 is 38.9 Å². The third-order valence-corrected chi connectivity index (χ3v) is 8.76. The van der Waals surface area contributed by atoms with Gasteiger partial charge in [-0.25, -0.2) is 13.4 Å². The van der Waals surface area contributed by atoms with E-state index in [4.69, 9.17) is 23.2 Å². The molecule has 1 aliphatic heterocycles. The molecule has 0 saturated carbocycles. The number of aromatic amines is 1. The first-order valence-corrected chi connectivity index (χ1v) is 14.0. The first kappa shape index (κ1) is 23.4. The largest absolute Gasteiger partial charge is 0.348 e. The fraction of sp³-hybridized carbons (Fsp3) is 0.360. The summed E-state index contributed by atoms with van der Waals surface area (Å²) in [5.41, 5.74) is 4.65. The Morgan fingerprint density at radius 2 is 1.79 bits per heavy atom. The van der Waals surface area contributed by atoms with E-state index in [0.717, 1.165) is 60.3 Å². The molecule has 2 unspecified atom stereocenters. The number of likely N-dealkylation sites (tertiary alicyclic amines) is 1. The molecule has 34 heavy (non-hydrogen) atoms. The third-order valence-electron chi connectivity index (χ3n) is 6.96. The SMILES string of the molecule is CS(=O)(=O)c1ccc(-c2cc(Cl)c(CC3CCN(C4CCc5nc[nH]c5C4)C3=O)c(Cl)c2)cc1. The molecule has 1 aromatic heterocycles. The van der Waals surface area contributed by atoms with Gasteiger partial charge in [0.15, 0.2) is 9.84 Å². The van der Waals surface area contributed by atoms with Crippen molar-refractivity contribution in [2.24, 2.45) is 5.92 Å². The monoisotopic (exact) mass is 517 g/mol. The van der Waals surface area contributed by atoms with E-state index in [1.807, 2.05) is 17.0 Å². The standard InChI is InChI=1S/C25H25Cl2N3O3S/c1-34(32,33)19-5-2-15(3-6-19)17-11-21(26)20(22(27)12-17)10-16-8-9-30(25(16)31)18-4-7-23-24(13-18)29-14-28-23/h2-3,5-6,11-12,14,16,18H,4,7-10,13H2,1H3,(H,28,29). The second-order valence-corrected chi connectivity index (χ2v) is 12.0. The second kappa shape index (κ2) is 9.02. The molecule has 2 aliphatic rings. The zero-order chi connectivity index (χ0) is 24.0. The highest BCUT2D eigenvalue weighted by molar-refractivity contribution is 7.90. The van der Waals surface area contributed by atoms with Crippen molar-refractivity contribution in [1.29, 1.82) is 0 Å². The molecule has 1 amide bonds. The maximum absolute atomic E-state index is 13.2. The van der Waals surface area contributed by atoms with Gasteiger partial charge < -0.3 is 9.88 Å². The zero-order valence-electron chi connectivity index (χ0n) is 18.7. The summed E-state index contributed by atoms with van der Waals surface area (Å²) in [5, 5.41) is 1.03. The first-order valence-electron chi connectivity index (χ1n) is 11.3. The molecule has 3 aromatic rings. The van der Waals surface area contributed by atoms with Crippen molar-refractivity contribution in [3.8, 4) is 11.1 Å². The molecule has 1 N–H and O–H groups in total. The summed E-state index contributed by atoms with van der Waals surface area (Å²) in [7, 11) is -3.26. The van der Waals surface area contributed by atoms with E-state index in [2.05, 4.69) is 9.97 Å². The number of nitrogens with zero attached hydrogens (tertiary/aromatic N) is 2. The van der Waals surface area contributed by atoms with Crippen LogP contribution in [0.5, 0.6) is 0 Å². The lowest BCUT2D eigenvalue weighted by molar-refractivity contribution is -0.133. The number of nitrogens with one attached hydrogen (secondary N) is 1. The number of H-pyrrole nitrogens is 1. The number of aromatic nitrogens is 2. The van der Waals surface area contributed by atoms with Gasteiger partial charge in [-0.3, -0.25) is 4.79 Å². The lowest BCUT2D eigenvalue weighted by Gasteiger charge is -2.31. The Bertz CT molecular complexity index is 1330. The van der Waals surface area contributed by atoms with Crippen LogP contribution in [0.3, 0.4) is 0 Å². The molecular formula is C25H25Cl2N3O3S. The van der Waals surface area contributed by atoms with Crippen LogP contribution in [0.4, 0.5) is 0 Å². The molecule has 1 saturated heterocycles. The highest BCUT2D eigenvalue weighted by Crippen LogP contribution is 2.36. The Balaban J connectivity index is 1.31. The van der Waals surface area contributed by atoms with Gasteiger partial charge in [0.25, 0.3) is 0 Å². The van der Waals surface area contributed by atoms with E-state index in [0.29, 0.717) is 16.5 Å². The number of aryl methyl sites for hydroxylation is 1. The number of carbonyl (C=O) groups is 1. The number of hydrogen-bond acceptors (Lipinski definition) is 4. The Morgan fingerprint density at radius 3 is 2.47 bits per heavy atom. The van der Waals surface area contributed by atoms with Crippen LogP contribution < -0.4 is 0 Å². The number of rotatable bonds is 5. The fourth-order valence-corrected chi connectivity index (χ4v) is 6.34. The summed E-state index contributed by atoms with van der Waals surface area (Å²) < 4.78 is 23.4. The average Bonchev–Trinajstić information content (AvgIpc) is 3.41. The van der Waals surface area contributed by atoms with Crippen LogP contribution in [0.25, 0.3) is 11.1 Å². The number of sulfone groups is 1. The Labute approximate surface area is 209 Å².